The second kappa shape index (κ2) is 5.88. The molecule has 0 unspecified atom stereocenters. The van der Waals surface area contributed by atoms with Gasteiger partial charge in [0.15, 0.2) is 0 Å². The molecule has 15 heavy (non-hydrogen) atoms. The molecule has 0 amide bonds. The summed E-state index contributed by atoms with van der Waals surface area (Å²) in [4.78, 5) is 6.37. The summed E-state index contributed by atoms with van der Waals surface area (Å²) in [7, 11) is 0. The zero-order valence-electron chi connectivity index (χ0n) is 9.85. The van der Waals surface area contributed by atoms with Crippen LogP contribution in [0.25, 0.3) is 0 Å². The Morgan fingerprint density at radius 3 is 2.80 bits per heavy atom. The summed E-state index contributed by atoms with van der Waals surface area (Å²) in [5.74, 6) is 0. The molecule has 0 aliphatic heterocycles. The van der Waals surface area contributed by atoms with Crippen molar-refractivity contribution < 1.29 is 5.11 Å². The van der Waals surface area contributed by atoms with Gasteiger partial charge in [-0.3, -0.25) is 4.90 Å². The highest BCUT2D eigenvalue weighted by Crippen LogP contribution is 2.10. The summed E-state index contributed by atoms with van der Waals surface area (Å²) in [6, 6.07) is 0.440. The zero-order valence-corrected chi connectivity index (χ0v) is 9.85. The Bertz CT molecular complexity index is 283. The molecule has 0 bridgehead atoms. The Balaban J connectivity index is 2.65. The molecule has 0 saturated heterocycles. The van der Waals surface area contributed by atoms with Crippen LogP contribution in [0.2, 0.25) is 0 Å². The van der Waals surface area contributed by atoms with E-state index < -0.39 is 0 Å². The molecule has 0 aromatic carbocycles. The lowest BCUT2D eigenvalue weighted by atomic mass is 10.3. The molecule has 0 aliphatic rings. The number of imidazole rings is 1. The molecule has 4 heteroatoms. The third kappa shape index (κ3) is 3.32. The normalized spacial score (nSPS) is 11.6. The first-order chi connectivity index (χ1) is 7.19. The van der Waals surface area contributed by atoms with Crippen molar-refractivity contribution in [2.45, 2.75) is 33.4 Å². The van der Waals surface area contributed by atoms with E-state index in [0.717, 1.165) is 19.6 Å². The fourth-order valence-electron chi connectivity index (χ4n) is 1.64. The second-order valence-corrected chi connectivity index (χ2v) is 3.98. The van der Waals surface area contributed by atoms with Crippen LogP contribution in [0.3, 0.4) is 0 Å². The SMILES string of the molecule is CCN(CCO)Cc1cncn1C(C)C. The number of aromatic nitrogens is 2. The van der Waals surface area contributed by atoms with Crippen molar-refractivity contribution in [3.05, 3.63) is 18.2 Å². The van der Waals surface area contributed by atoms with Crippen LogP contribution >= 0.6 is 0 Å². The van der Waals surface area contributed by atoms with E-state index in [4.69, 9.17) is 5.11 Å². The third-order valence-electron chi connectivity index (χ3n) is 2.55. The fourth-order valence-corrected chi connectivity index (χ4v) is 1.64. The standard InChI is InChI=1S/C11H21N3O/c1-4-13(5-6-15)8-11-7-12-9-14(11)10(2)3/h7,9-10,15H,4-6,8H2,1-3H3. The van der Waals surface area contributed by atoms with Gasteiger partial charge in [0.25, 0.3) is 0 Å². The maximum absolute atomic E-state index is 8.91. The highest BCUT2D eigenvalue weighted by atomic mass is 16.3. The maximum Gasteiger partial charge on any atom is 0.0951 e. The van der Waals surface area contributed by atoms with Crippen molar-refractivity contribution in [2.75, 3.05) is 19.7 Å². The number of hydrogen-bond acceptors (Lipinski definition) is 3. The molecule has 86 valence electrons. The van der Waals surface area contributed by atoms with Gasteiger partial charge in [-0.25, -0.2) is 4.98 Å². The Morgan fingerprint density at radius 2 is 2.27 bits per heavy atom. The maximum atomic E-state index is 8.91. The second-order valence-electron chi connectivity index (χ2n) is 3.98. The monoisotopic (exact) mass is 211 g/mol. The van der Waals surface area contributed by atoms with Gasteiger partial charge >= 0.3 is 0 Å². The van der Waals surface area contributed by atoms with Gasteiger partial charge < -0.3 is 9.67 Å². The molecule has 0 saturated carbocycles. The van der Waals surface area contributed by atoms with Crippen molar-refractivity contribution in [1.29, 1.82) is 0 Å². The van der Waals surface area contributed by atoms with Gasteiger partial charge in [-0.15, -0.1) is 0 Å². The van der Waals surface area contributed by atoms with Gasteiger partial charge in [-0.1, -0.05) is 6.92 Å². The smallest absolute Gasteiger partial charge is 0.0951 e. The summed E-state index contributed by atoms with van der Waals surface area (Å²) < 4.78 is 2.17. The van der Waals surface area contributed by atoms with Gasteiger partial charge in [0.1, 0.15) is 0 Å². The number of hydrogen-bond donors (Lipinski definition) is 1. The summed E-state index contributed by atoms with van der Waals surface area (Å²) in [5, 5.41) is 8.91. The highest BCUT2D eigenvalue weighted by molar-refractivity contribution is 4.99. The molecular formula is C11H21N3O. The molecular weight excluding hydrogens is 190 g/mol. The molecule has 0 fully saturated rings. The van der Waals surface area contributed by atoms with Crippen LogP contribution in [-0.4, -0.2) is 39.3 Å². The lowest BCUT2D eigenvalue weighted by Crippen LogP contribution is -2.27. The Labute approximate surface area is 91.5 Å². The Morgan fingerprint density at radius 1 is 1.53 bits per heavy atom. The average Bonchev–Trinajstić information content (AvgIpc) is 2.65. The van der Waals surface area contributed by atoms with Crippen LogP contribution in [-0.2, 0) is 6.54 Å². The minimum Gasteiger partial charge on any atom is -0.395 e. The van der Waals surface area contributed by atoms with Gasteiger partial charge in [-0.05, 0) is 20.4 Å². The fraction of sp³-hybridized carbons (Fsp3) is 0.727. The molecule has 0 spiro atoms. The first-order valence-electron chi connectivity index (χ1n) is 5.53. The van der Waals surface area contributed by atoms with Gasteiger partial charge in [0.2, 0.25) is 0 Å². The van der Waals surface area contributed by atoms with E-state index in [-0.39, 0.29) is 6.61 Å². The topological polar surface area (TPSA) is 41.3 Å². The molecule has 0 aliphatic carbocycles. The zero-order chi connectivity index (χ0) is 11.3. The highest BCUT2D eigenvalue weighted by Gasteiger charge is 2.09. The van der Waals surface area contributed by atoms with E-state index in [0.29, 0.717) is 6.04 Å². The predicted octanol–water partition coefficient (Wildman–Crippen LogP) is 1.28. The summed E-state index contributed by atoms with van der Waals surface area (Å²) in [6.07, 6.45) is 3.77. The molecule has 1 N–H and O–H groups in total. The van der Waals surface area contributed by atoms with E-state index in [9.17, 15) is 0 Å². The quantitative estimate of drug-likeness (QED) is 0.770. The van der Waals surface area contributed by atoms with E-state index in [1.807, 2.05) is 12.5 Å². The van der Waals surface area contributed by atoms with Crippen LogP contribution in [0.5, 0.6) is 0 Å². The lowest BCUT2D eigenvalue weighted by Gasteiger charge is -2.20. The molecule has 4 nitrogen and oxygen atoms in total. The van der Waals surface area contributed by atoms with Gasteiger partial charge in [0, 0.05) is 25.3 Å². The lowest BCUT2D eigenvalue weighted by molar-refractivity contribution is 0.193. The first-order valence-corrected chi connectivity index (χ1v) is 5.53. The molecule has 1 aromatic rings. The predicted molar refractivity (Wildman–Crippen MR) is 60.6 cm³/mol. The number of aliphatic hydroxyl groups is 1. The number of nitrogens with zero attached hydrogens (tertiary/aromatic N) is 3. The minimum absolute atomic E-state index is 0.212. The molecule has 1 rings (SSSR count). The average molecular weight is 211 g/mol. The van der Waals surface area contributed by atoms with E-state index >= 15 is 0 Å². The van der Waals surface area contributed by atoms with Crippen molar-refractivity contribution in [3.63, 3.8) is 0 Å². The third-order valence-corrected chi connectivity index (χ3v) is 2.55. The van der Waals surface area contributed by atoms with Crippen molar-refractivity contribution in [1.82, 2.24) is 14.5 Å². The van der Waals surface area contributed by atoms with Crippen LogP contribution < -0.4 is 0 Å². The van der Waals surface area contributed by atoms with E-state index in [2.05, 4.69) is 35.2 Å². The van der Waals surface area contributed by atoms with Crippen LogP contribution in [0.15, 0.2) is 12.5 Å². The van der Waals surface area contributed by atoms with Crippen molar-refractivity contribution >= 4 is 0 Å². The van der Waals surface area contributed by atoms with Crippen LogP contribution in [0, 0.1) is 0 Å². The first kappa shape index (κ1) is 12.2. The summed E-state index contributed by atoms with van der Waals surface area (Å²) in [5.41, 5.74) is 1.21. The van der Waals surface area contributed by atoms with Gasteiger partial charge in [-0.2, -0.15) is 0 Å². The number of aliphatic hydroxyl groups excluding tert-OH is 1. The molecule has 1 aromatic heterocycles. The number of rotatable bonds is 6. The van der Waals surface area contributed by atoms with Crippen molar-refractivity contribution in [2.24, 2.45) is 0 Å². The van der Waals surface area contributed by atoms with Crippen LogP contribution in [0.4, 0.5) is 0 Å². The molecule has 1 heterocycles. The summed E-state index contributed by atoms with van der Waals surface area (Å²) in [6.45, 7) is 9.13. The largest absolute Gasteiger partial charge is 0.395 e. The molecule has 0 radical (unpaired) electrons. The Kier molecular flexibility index (Phi) is 4.78. The van der Waals surface area contributed by atoms with E-state index in [1.54, 1.807) is 0 Å². The van der Waals surface area contributed by atoms with Crippen LogP contribution in [0.1, 0.15) is 32.5 Å². The minimum atomic E-state index is 0.212. The van der Waals surface area contributed by atoms with Gasteiger partial charge in [0.05, 0.1) is 18.6 Å². The van der Waals surface area contributed by atoms with E-state index in [1.165, 1.54) is 5.69 Å². The number of likely N-dealkylation sites (N-methyl/N-ethyl adjacent to an activating group) is 1. The van der Waals surface area contributed by atoms with Crippen molar-refractivity contribution in [3.8, 4) is 0 Å². The summed E-state index contributed by atoms with van der Waals surface area (Å²) >= 11 is 0. The Hall–Kier alpha value is -0.870. The molecule has 0 atom stereocenters.